The van der Waals surface area contributed by atoms with E-state index in [9.17, 15) is 9.90 Å². The highest BCUT2D eigenvalue weighted by molar-refractivity contribution is 6.00. The second kappa shape index (κ2) is 4.61. The number of hydrogen-bond acceptors (Lipinski definition) is 3. The molecular weight excluding hydrogens is 228 g/mol. The summed E-state index contributed by atoms with van der Waals surface area (Å²) in [6.07, 6.45) is 1.56. The third kappa shape index (κ3) is 2.48. The van der Waals surface area contributed by atoms with Crippen LogP contribution in [0.1, 0.15) is 35.7 Å². The van der Waals surface area contributed by atoms with Crippen LogP contribution >= 0.6 is 0 Å². The zero-order valence-corrected chi connectivity index (χ0v) is 10.9. The fourth-order valence-corrected chi connectivity index (χ4v) is 2.53. The Morgan fingerprint density at radius 3 is 2.83 bits per heavy atom. The van der Waals surface area contributed by atoms with Gasteiger partial charge in [0, 0.05) is 18.8 Å². The maximum Gasteiger partial charge on any atom is 0.256 e. The van der Waals surface area contributed by atoms with Crippen LogP contribution in [0.3, 0.4) is 0 Å². The van der Waals surface area contributed by atoms with Gasteiger partial charge >= 0.3 is 0 Å². The van der Waals surface area contributed by atoms with E-state index < -0.39 is 5.60 Å². The zero-order valence-electron chi connectivity index (χ0n) is 10.9. The molecule has 0 radical (unpaired) electrons. The summed E-state index contributed by atoms with van der Waals surface area (Å²) in [7, 11) is 0. The highest BCUT2D eigenvalue weighted by Crippen LogP contribution is 2.24. The van der Waals surface area contributed by atoms with Crippen molar-refractivity contribution in [1.29, 1.82) is 0 Å². The van der Waals surface area contributed by atoms with Crippen molar-refractivity contribution < 1.29 is 9.90 Å². The van der Waals surface area contributed by atoms with Gasteiger partial charge in [-0.3, -0.25) is 4.79 Å². The molecule has 0 aromatic heterocycles. The first-order valence-electron chi connectivity index (χ1n) is 6.27. The van der Waals surface area contributed by atoms with Crippen molar-refractivity contribution >= 4 is 11.6 Å². The molecule has 0 saturated carbocycles. The topological polar surface area (TPSA) is 66.6 Å². The van der Waals surface area contributed by atoms with Gasteiger partial charge in [0.1, 0.15) is 0 Å². The molecule has 1 saturated heterocycles. The van der Waals surface area contributed by atoms with Crippen LogP contribution in [0.4, 0.5) is 5.69 Å². The quantitative estimate of drug-likeness (QED) is 0.741. The summed E-state index contributed by atoms with van der Waals surface area (Å²) in [6, 6.07) is 5.46. The number of nitrogens with zero attached hydrogens (tertiary/aromatic N) is 1. The van der Waals surface area contributed by atoms with Gasteiger partial charge in [0.25, 0.3) is 5.91 Å². The average Bonchev–Trinajstić information content (AvgIpc) is 2.27. The van der Waals surface area contributed by atoms with E-state index in [1.165, 1.54) is 0 Å². The molecule has 0 spiro atoms. The Labute approximate surface area is 107 Å². The lowest BCUT2D eigenvalue weighted by Gasteiger charge is -2.37. The van der Waals surface area contributed by atoms with E-state index in [1.807, 2.05) is 19.1 Å². The molecule has 0 aliphatic carbocycles. The second-order valence-corrected chi connectivity index (χ2v) is 5.37. The number of rotatable bonds is 1. The number of piperidine rings is 1. The highest BCUT2D eigenvalue weighted by atomic mass is 16.3. The number of likely N-dealkylation sites (tertiary alicyclic amines) is 1. The minimum Gasteiger partial charge on any atom is -0.398 e. The van der Waals surface area contributed by atoms with Crippen LogP contribution < -0.4 is 5.73 Å². The maximum atomic E-state index is 12.5. The molecule has 0 bridgehead atoms. The molecule has 3 N–H and O–H groups in total. The summed E-state index contributed by atoms with van der Waals surface area (Å²) in [5, 5.41) is 10.1. The molecule has 1 aliphatic heterocycles. The molecule has 1 fully saturated rings. The SMILES string of the molecule is Cc1cccc(N)c1C(=O)N1CCCC(C)(O)C1. The molecule has 1 atom stereocenters. The average molecular weight is 248 g/mol. The standard InChI is InChI=1S/C14H20N2O2/c1-10-5-3-6-11(15)12(10)13(17)16-8-4-7-14(2,18)9-16/h3,5-6,18H,4,7-9,15H2,1-2H3. The van der Waals surface area contributed by atoms with Crippen molar-refractivity contribution in [3.05, 3.63) is 29.3 Å². The van der Waals surface area contributed by atoms with E-state index in [1.54, 1.807) is 17.9 Å². The van der Waals surface area contributed by atoms with Crippen LogP contribution in [0.5, 0.6) is 0 Å². The van der Waals surface area contributed by atoms with Gasteiger partial charge in [0.15, 0.2) is 0 Å². The molecule has 1 aliphatic rings. The smallest absolute Gasteiger partial charge is 0.256 e. The summed E-state index contributed by atoms with van der Waals surface area (Å²) in [5.41, 5.74) is 7.05. The van der Waals surface area contributed by atoms with Gasteiger partial charge < -0.3 is 15.7 Å². The van der Waals surface area contributed by atoms with Crippen LogP contribution in [0, 0.1) is 6.92 Å². The van der Waals surface area contributed by atoms with Gasteiger partial charge in [-0.05, 0) is 38.3 Å². The number of aliphatic hydroxyl groups is 1. The van der Waals surface area contributed by atoms with Gasteiger partial charge in [0.05, 0.1) is 11.2 Å². The number of β-amino-alcohol motifs (C(OH)–C–C–N with tert-alkyl or cyclic N) is 1. The Balaban J connectivity index is 2.26. The number of hydrogen-bond donors (Lipinski definition) is 2. The van der Waals surface area contributed by atoms with Crippen LogP contribution in [0.2, 0.25) is 0 Å². The van der Waals surface area contributed by atoms with E-state index >= 15 is 0 Å². The van der Waals surface area contributed by atoms with E-state index in [2.05, 4.69) is 0 Å². The summed E-state index contributed by atoms with van der Waals surface area (Å²) in [5.74, 6) is -0.0782. The molecule has 4 nitrogen and oxygen atoms in total. The molecule has 18 heavy (non-hydrogen) atoms. The number of anilines is 1. The predicted octanol–water partition coefficient (Wildman–Crippen LogP) is 1.56. The van der Waals surface area contributed by atoms with Gasteiger partial charge in [0.2, 0.25) is 0 Å². The molecule has 1 amide bonds. The second-order valence-electron chi connectivity index (χ2n) is 5.37. The van der Waals surface area contributed by atoms with Gasteiger partial charge in [-0.2, -0.15) is 0 Å². The van der Waals surface area contributed by atoms with Gasteiger partial charge in [-0.15, -0.1) is 0 Å². The van der Waals surface area contributed by atoms with E-state index in [0.29, 0.717) is 24.3 Å². The Hall–Kier alpha value is -1.55. The van der Waals surface area contributed by atoms with Gasteiger partial charge in [-0.1, -0.05) is 12.1 Å². The van der Waals surface area contributed by atoms with Crippen LogP contribution in [0.25, 0.3) is 0 Å². The number of carbonyl (C=O) groups excluding carboxylic acids is 1. The van der Waals surface area contributed by atoms with Crippen LogP contribution in [-0.2, 0) is 0 Å². The summed E-state index contributed by atoms with van der Waals surface area (Å²) < 4.78 is 0. The first kappa shape index (κ1) is 12.9. The molecule has 4 heteroatoms. The lowest BCUT2D eigenvalue weighted by molar-refractivity contribution is -0.0107. The largest absolute Gasteiger partial charge is 0.398 e. The monoisotopic (exact) mass is 248 g/mol. The molecule has 1 aromatic carbocycles. The molecule has 2 rings (SSSR count). The van der Waals surface area contributed by atoms with Crippen molar-refractivity contribution in [3.63, 3.8) is 0 Å². The normalized spacial score (nSPS) is 24.1. The minimum atomic E-state index is -0.786. The minimum absolute atomic E-state index is 0.0782. The number of aryl methyl sites for hydroxylation is 1. The summed E-state index contributed by atoms with van der Waals surface area (Å²) in [4.78, 5) is 14.2. The molecule has 1 unspecified atom stereocenters. The molecule has 1 aromatic rings. The third-order valence-corrected chi connectivity index (χ3v) is 3.48. The van der Waals surface area contributed by atoms with E-state index in [4.69, 9.17) is 5.73 Å². The lowest BCUT2D eigenvalue weighted by Crippen LogP contribution is -2.48. The van der Waals surface area contributed by atoms with E-state index in [0.717, 1.165) is 18.4 Å². The number of nitrogen functional groups attached to an aromatic ring is 1. The first-order valence-corrected chi connectivity index (χ1v) is 6.27. The number of carbonyl (C=O) groups is 1. The Morgan fingerprint density at radius 2 is 2.22 bits per heavy atom. The van der Waals surface area contributed by atoms with Crippen molar-refractivity contribution in [2.45, 2.75) is 32.3 Å². The van der Waals surface area contributed by atoms with Crippen molar-refractivity contribution in [2.75, 3.05) is 18.8 Å². The molecule has 98 valence electrons. The Kier molecular flexibility index (Phi) is 3.30. The number of nitrogens with two attached hydrogens (primary N) is 1. The third-order valence-electron chi connectivity index (χ3n) is 3.48. The van der Waals surface area contributed by atoms with Crippen molar-refractivity contribution in [1.82, 2.24) is 4.90 Å². The fourth-order valence-electron chi connectivity index (χ4n) is 2.53. The Bertz CT molecular complexity index is 449. The van der Waals surface area contributed by atoms with Gasteiger partial charge in [-0.25, -0.2) is 0 Å². The first-order chi connectivity index (χ1) is 8.41. The predicted molar refractivity (Wildman–Crippen MR) is 71.4 cm³/mol. The fraction of sp³-hybridized carbons (Fsp3) is 0.500. The highest BCUT2D eigenvalue weighted by Gasteiger charge is 2.32. The summed E-state index contributed by atoms with van der Waals surface area (Å²) in [6.45, 7) is 4.71. The van der Waals surface area contributed by atoms with E-state index in [-0.39, 0.29) is 5.91 Å². The van der Waals surface area contributed by atoms with Crippen LogP contribution in [0.15, 0.2) is 18.2 Å². The van der Waals surface area contributed by atoms with Crippen LogP contribution in [-0.4, -0.2) is 34.6 Å². The maximum absolute atomic E-state index is 12.5. The van der Waals surface area contributed by atoms with Crippen molar-refractivity contribution in [3.8, 4) is 0 Å². The molecular formula is C14H20N2O2. The number of amides is 1. The van der Waals surface area contributed by atoms with Crippen molar-refractivity contribution in [2.24, 2.45) is 0 Å². The molecule has 1 heterocycles. The lowest BCUT2D eigenvalue weighted by atomic mass is 9.94. The number of benzene rings is 1. The zero-order chi connectivity index (χ0) is 13.3. The Morgan fingerprint density at radius 1 is 1.50 bits per heavy atom. The summed E-state index contributed by atoms with van der Waals surface area (Å²) >= 11 is 0.